The van der Waals surface area contributed by atoms with Gasteiger partial charge in [0.2, 0.25) is 0 Å². The molecule has 0 aliphatic carbocycles. The van der Waals surface area contributed by atoms with Crippen LogP contribution in [0.2, 0.25) is 0 Å². The summed E-state index contributed by atoms with van der Waals surface area (Å²) in [6, 6.07) is -1.27. The Hall–Kier alpha value is -2.00. The van der Waals surface area contributed by atoms with Crippen LogP contribution < -0.4 is 10.6 Å². The number of urea groups is 1. The minimum Gasteiger partial charge on any atom is -0.450 e. The number of ether oxygens (including phenoxy) is 1. The molecule has 0 saturated carbocycles. The number of likely N-dealkylation sites (N-methyl/N-ethyl adjacent to an activating group) is 1. The fourth-order valence-electron chi connectivity index (χ4n) is 1.31. The van der Waals surface area contributed by atoms with Crippen LogP contribution >= 0.6 is 0 Å². The fraction of sp³-hybridized carbons (Fsp3) is 0.625. The summed E-state index contributed by atoms with van der Waals surface area (Å²) in [4.78, 5) is 33.8. The second kappa shape index (κ2) is 4.35. The number of rotatable bonds is 2. The average Bonchev–Trinajstić information content (AvgIpc) is 2.43. The van der Waals surface area contributed by atoms with Crippen LogP contribution in [-0.4, -0.2) is 48.4 Å². The van der Waals surface area contributed by atoms with E-state index in [4.69, 9.17) is 0 Å². The van der Waals surface area contributed by atoms with Gasteiger partial charge in [0.25, 0.3) is 11.6 Å². The molecule has 18 heavy (non-hydrogen) atoms. The summed E-state index contributed by atoms with van der Waals surface area (Å²) in [7, 11) is 0.859. The maximum Gasteiger partial charge on any atom is 0.440 e. The van der Waals surface area contributed by atoms with Crippen molar-refractivity contribution in [3.63, 3.8) is 0 Å². The van der Waals surface area contributed by atoms with Crippen LogP contribution in [0.3, 0.4) is 0 Å². The second-order valence-corrected chi connectivity index (χ2v) is 3.39. The normalized spacial score (nSPS) is 23.9. The number of nitrogens with zero attached hydrogens (tertiary/aromatic N) is 1. The Kier molecular flexibility index (Phi) is 3.40. The summed E-state index contributed by atoms with van der Waals surface area (Å²) < 4.78 is 42.9. The molecule has 102 valence electrons. The lowest BCUT2D eigenvalue weighted by atomic mass is 10.1. The van der Waals surface area contributed by atoms with Gasteiger partial charge in [-0.2, -0.15) is 13.2 Å². The molecule has 1 rings (SSSR count). The molecule has 1 saturated heterocycles. The maximum absolute atomic E-state index is 12.9. The molecule has 1 fully saturated rings. The SMILES string of the molecule is CCOC(=O)N[C@]1(C(F)(F)F)NC(=O)N(C)C1=O. The Balaban J connectivity index is 3.10. The number of nitrogens with one attached hydrogen (secondary N) is 2. The number of hydrogen-bond donors (Lipinski definition) is 2. The van der Waals surface area contributed by atoms with Crippen LogP contribution in [0.5, 0.6) is 0 Å². The molecule has 4 amide bonds. The van der Waals surface area contributed by atoms with Crippen LogP contribution in [0.4, 0.5) is 22.8 Å². The number of imide groups is 1. The lowest BCUT2D eigenvalue weighted by molar-refractivity contribution is -0.200. The molecule has 1 atom stereocenters. The zero-order chi connectivity index (χ0) is 14.1. The highest BCUT2D eigenvalue weighted by Crippen LogP contribution is 2.33. The molecular formula is C8H10F3N3O4. The molecule has 0 bridgehead atoms. The van der Waals surface area contributed by atoms with Crippen molar-refractivity contribution >= 4 is 18.0 Å². The number of carbonyl (C=O) groups excluding carboxylic acids is 3. The van der Waals surface area contributed by atoms with Gasteiger partial charge < -0.3 is 4.74 Å². The minimum absolute atomic E-state index is 0.183. The van der Waals surface area contributed by atoms with Gasteiger partial charge in [0.1, 0.15) is 0 Å². The maximum atomic E-state index is 12.9. The van der Waals surface area contributed by atoms with E-state index < -0.39 is 29.9 Å². The van der Waals surface area contributed by atoms with Crippen LogP contribution in [0, 0.1) is 0 Å². The first kappa shape index (κ1) is 14.1. The van der Waals surface area contributed by atoms with Gasteiger partial charge in [-0.3, -0.25) is 20.3 Å². The van der Waals surface area contributed by atoms with Gasteiger partial charge >= 0.3 is 18.3 Å². The first-order chi connectivity index (χ1) is 8.15. The summed E-state index contributed by atoms with van der Waals surface area (Å²) >= 11 is 0. The molecule has 2 N–H and O–H groups in total. The molecule has 0 aromatic heterocycles. The smallest absolute Gasteiger partial charge is 0.440 e. The highest BCUT2D eigenvalue weighted by Gasteiger charge is 2.68. The molecule has 7 nitrogen and oxygen atoms in total. The van der Waals surface area contributed by atoms with Crippen molar-refractivity contribution < 1.29 is 32.3 Å². The van der Waals surface area contributed by atoms with Crippen molar-refractivity contribution in [1.82, 2.24) is 15.5 Å². The van der Waals surface area contributed by atoms with E-state index in [1.807, 2.05) is 0 Å². The summed E-state index contributed by atoms with van der Waals surface area (Å²) in [5.74, 6) is -1.63. The first-order valence-corrected chi connectivity index (χ1v) is 4.77. The largest absolute Gasteiger partial charge is 0.450 e. The second-order valence-electron chi connectivity index (χ2n) is 3.39. The molecule has 10 heteroatoms. The number of amides is 4. The third kappa shape index (κ3) is 2.05. The number of alkyl halides is 3. The highest BCUT2D eigenvalue weighted by molar-refractivity contribution is 6.08. The molecule has 0 radical (unpaired) electrons. The Morgan fingerprint density at radius 3 is 2.39 bits per heavy atom. The Labute approximate surface area is 99.2 Å². The lowest BCUT2D eigenvalue weighted by Crippen LogP contribution is -2.69. The lowest BCUT2D eigenvalue weighted by Gasteiger charge is -2.28. The Morgan fingerprint density at radius 1 is 1.50 bits per heavy atom. The third-order valence-corrected chi connectivity index (χ3v) is 2.21. The van der Waals surface area contributed by atoms with Gasteiger partial charge in [0.05, 0.1) is 6.61 Å². The number of halogens is 3. The van der Waals surface area contributed by atoms with Crippen molar-refractivity contribution in [2.75, 3.05) is 13.7 Å². The van der Waals surface area contributed by atoms with Crippen molar-refractivity contribution in [3.8, 4) is 0 Å². The van der Waals surface area contributed by atoms with E-state index in [-0.39, 0.29) is 11.5 Å². The van der Waals surface area contributed by atoms with Crippen LogP contribution in [0.25, 0.3) is 0 Å². The summed E-state index contributed by atoms with van der Waals surface area (Å²) in [6.45, 7) is 1.19. The molecule has 0 aromatic carbocycles. The molecule has 0 spiro atoms. The fourth-order valence-corrected chi connectivity index (χ4v) is 1.31. The van der Waals surface area contributed by atoms with E-state index in [1.165, 1.54) is 17.6 Å². The van der Waals surface area contributed by atoms with E-state index in [9.17, 15) is 27.6 Å². The van der Waals surface area contributed by atoms with E-state index in [0.29, 0.717) is 0 Å². The van der Waals surface area contributed by atoms with Gasteiger partial charge in [0.15, 0.2) is 0 Å². The number of carbonyl (C=O) groups is 3. The van der Waals surface area contributed by atoms with Crippen LogP contribution in [0.15, 0.2) is 0 Å². The van der Waals surface area contributed by atoms with E-state index in [2.05, 4.69) is 4.74 Å². The summed E-state index contributed by atoms with van der Waals surface area (Å²) in [5.41, 5.74) is -3.48. The third-order valence-electron chi connectivity index (χ3n) is 2.21. The first-order valence-electron chi connectivity index (χ1n) is 4.77. The van der Waals surface area contributed by atoms with E-state index >= 15 is 0 Å². The quantitative estimate of drug-likeness (QED) is 0.700. The minimum atomic E-state index is -5.20. The number of alkyl carbamates (subject to hydrolysis) is 1. The van der Waals surface area contributed by atoms with E-state index in [1.54, 1.807) is 0 Å². The van der Waals surface area contributed by atoms with Crippen molar-refractivity contribution in [1.29, 1.82) is 0 Å². The zero-order valence-corrected chi connectivity index (χ0v) is 9.42. The average molecular weight is 269 g/mol. The van der Waals surface area contributed by atoms with Gasteiger partial charge in [0, 0.05) is 7.05 Å². The molecule has 0 aromatic rings. The number of hydrogen-bond acceptors (Lipinski definition) is 4. The van der Waals surface area contributed by atoms with Crippen LogP contribution in [0.1, 0.15) is 6.92 Å². The summed E-state index contributed by atoms with van der Waals surface area (Å²) in [6.07, 6.45) is -6.66. The molecule has 1 heterocycles. The molecule has 1 aliphatic rings. The molecular weight excluding hydrogens is 259 g/mol. The van der Waals surface area contributed by atoms with Gasteiger partial charge in [-0.05, 0) is 6.92 Å². The Bertz CT molecular complexity index is 398. The summed E-state index contributed by atoms with van der Waals surface area (Å²) in [5, 5.41) is 2.73. The van der Waals surface area contributed by atoms with Gasteiger partial charge in [-0.25, -0.2) is 9.59 Å². The van der Waals surface area contributed by atoms with Crippen molar-refractivity contribution in [2.24, 2.45) is 0 Å². The topological polar surface area (TPSA) is 87.7 Å². The van der Waals surface area contributed by atoms with Crippen molar-refractivity contribution in [3.05, 3.63) is 0 Å². The molecule has 0 unspecified atom stereocenters. The standard InChI is InChI=1S/C8H10F3N3O4/c1-3-18-6(17)13-7(8(9,10)11)4(15)14(2)5(16)12-7/h3H2,1-2H3,(H,12,16)(H,13,17)/t7-/m1/s1. The highest BCUT2D eigenvalue weighted by atomic mass is 19.4. The van der Waals surface area contributed by atoms with E-state index in [0.717, 1.165) is 7.05 Å². The predicted octanol–water partition coefficient (Wildman–Crippen LogP) is 0.173. The Morgan fingerprint density at radius 2 is 2.06 bits per heavy atom. The van der Waals surface area contributed by atoms with Crippen LogP contribution in [-0.2, 0) is 9.53 Å². The van der Waals surface area contributed by atoms with Gasteiger partial charge in [-0.1, -0.05) is 0 Å². The van der Waals surface area contributed by atoms with Crippen molar-refractivity contribution in [2.45, 2.75) is 18.8 Å². The van der Waals surface area contributed by atoms with Gasteiger partial charge in [-0.15, -0.1) is 0 Å². The zero-order valence-electron chi connectivity index (χ0n) is 9.42. The monoisotopic (exact) mass is 269 g/mol. The predicted molar refractivity (Wildman–Crippen MR) is 50.2 cm³/mol. The molecule has 1 aliphatic heterocycles.